The van der Waals surface area contributed by atoms with Crippen molar-refractivity contribution >= 4 is 29.7 Å². The number of nitrogens with zero attached hydrogens (tertiary/aromatic N) is 4. The molecule has 0 atom stereocenters. The first kappa shape index (κ1) is 17.0. The summed E-state index contributed by atoms with van der Waals surface area (Å²) >= 11 is 5.09. The molecule has 0 bridgehead atoms. The summed E-state index contributed by atoms with van der Waals surface area (Å²) in [5, 5.41) is 10.8. The molecule has 0 aliphatic carbocycles. The van der Waals surface area contributed by atoms with Gasteiger partial charge in [-0.1, -0.05) is 6.07 Å². The molecule has 0 aliphatic rings. The highest BCUT2D eigenvalue weighted by Crippen LogP contribution is 2.24. The number of aromatic amines is 1. The maximum absolute atomic E-state index is 13.2. The van der Waals surface area contributed by atoms with E-state index in [0.717, 1.165) is 16.6 Å². The van der Waals surface area contributed by atoms with E-state index in [9.17, 15) is 9.18 Å². The number of carbonyl (C=O) groups is 1. The number of hydrogen-bond donors (Lipinski definition) is 1. The average molecular weight is 379 g/mol. The fraction of sp³-hybridized carbons (Fsp3) is 0.0526. The van der Waals surface area contributed by atoms with Crippen LogP contribution in [0.4, 0.5) is 4.39 Å². The Labute approximate surface area is 158 Å². The molecule has 6 nitrogen and oxygen atoms in total. The van der Waals surface area contributed by atoms with Crippen LogP contribution in [0.5, 0.6) is 0 Å². The number of rotatable bonds is 4. The van der Waals surface area contributed by atoms with E-state index >= 15 is 0 Å². The van der Waals surface area contributed by atoms with Gasteiger partial charge in [0.2, 0.25) is 10.6 Å². The molecule has 1 N–H and O–H groups in total. The van der Waals surface area contributed by atoms with E-state index in [0.29, 0.717) is 16.0 Å². The van der Waals surface area contributed by atoms with Crippen molar-refractivity contribution in [1.29, 1.82) is 0 Å². The fourth-order valence-electron chi connectivity index (χ4n) is 2.98. The molecule has 0 radical (unpaired) electrons. The lowest BCUT2D eigenvalue weighted by Crippen LogP contribution is -2.07. The second kappa shape index (κ2) is 6.73. The van der Waals surface area contributed by atoms with Crippen molar-refractivity contribution in [1.82, 2.24) is 19.3 Å². The van der Waals surface area contributed by atoms with Crippen molar-refractivity contribution in [2.24, 2.45) is 5.10 Å². The molecule has 3 heterocycles. The first-order valence-corrected chi connectivity index (χ1v) is 8.53. The summed E-state index contributed by atoms with van der Waals surface area (Å²) in [6.45, 7) is 1.86. The van der Waals surface area contributed by atoms with Crippen LogP contribution in [-0.4, -0.2) is 31.3 Å². The van der Waals surface area contributed by atoms with Crippen LogP contribution in [-0.2, 0) is 0 Å². The van der Waals surface area contributed by atoms with Gasteiger partial charge in [-0.05, 0) is 61.1 Å². The maximum Gasteiger partial charge on any atom is 0.216 e. The van der Waals surface area contributed by atoms with E-state index in [1.165, 1.54) is 35.3 Å². The Hall–Kier alpha value is -3.39. The molecular formula is C19H14FN5OS. The molecule has 0 aliphatic heterocycles. The van der Waals surface area contributed by atoms with Gasteiger partial charge in [-0.25, -0.2) is 4.39 Å². The maximum atomic E-state index is 13.2. The van der Waals surface area contributed by atoms with E-state index < -0.39 is 0 Å². The number of H-pyrrole nitrogens is 1. The van der Waals surface area contributed by atoms with Crippen LogP contribution in [0, 0.1) is 17.5 Å². The van der Waals surface area contributed by atoms with Gasteiger partial charge in [-0.2, -0.15) is 14.9 Å². The lowest BCUT2D eigenvalue weighted by atomic mass is 10.0. The minimum atomic E-state index is -0.382. The summed E-state index contributed by atoms with van der Waals surface area (Å²) in [7, 11) is 0. The number of fused-ring (bicyclic) bond motifs is 1. The lowest BCUT2D eigenvalue weighted by molar-refractivity contribution is 0.103. The third-order valence-electron chi connectivity index (χ3n) is 4.30. The second-order valence-electron chi connectivity index (χ2n) is 5.93. The highest BCUT2D eigenvalue weighted by Gasteiger charge is 2.20. The largest absolute Gasteiger partial charge is 0.313 e. The van der Waals surface area contributed by atoms with Gasteiger partial charge >= 0.3 is 0 Å². The standard InChI is InChI=1S/C19H14FN5OS/c1-12-15(10-22-25-11-21-23-19(25)27)16-4-2-3-9-24(16)17(12)18(26)13-5-7-14(20)8-6-13/h2-11H,1H3,(H,23,27)/b22-10-. The molecule has 27 heavy (non-hydrogen) atoms. The minimum Gasteiger partial charge on any atom is -0.313 e. The first-order chi connectivity index (χ1) is 13.1. The number of ketones is 1. The summed E-state index contributed by atoms with van der Waals surface area (Å²) < 4.78 is 16.8. The summed E-state index contributed by atoms with van der Waals surface area (Å²) in [4.78, 5) is 13.1. The van der Waals surface area contributed by atoms with E-state index in [4.69, 9.17) is 12.2 Å². The van der Waals surface area contributed by atoms with Gasteiger partial charge in [0.05, 0.1) is 17.4 Å². The Balaban J connectivity index is 1.87. The van der Waals surface area contributed by atoms with Crippen molar-refractivity contribution in [2.75, 3.05) is 0 Å². The molecule has 134 valence electrons. The topological polar surface area (TPSA) is 67.4 Å². The quantitative estimate of drug-likeness (QED) is 0.334. The predicted molar refractivity (Wildman–Crippen MR) is 102 cm³/mol. The smallest absolute Gasteiger partial charge is 0.216 e. The van der Waals surface area contributed by atoms with Gasteiger partial charge in [-0.3, -0.25) is 9.89 Å². The number of aromatic nitrogens is 4. The molecule has 0 spiro atoms. The van der Waals surface area contributed by atoms with Crippen LogP contribution in [0.15, 0.2) is 60.1 Å². The molecule has 3 aromatic heterocycles. The molecule has 0 saturated heterocycles. The van der Waals surface area contributed by atoms with Crippen LogP contribution in [0.3, 0.4) is 0 Å². The van der Waals surface area contributed by atoms with Crippen molar-refractivity contribution in [3.05, 3.63) is 88.0 Å². The normalized spacial score (nSPS) is 11.5. The molecular weight excluding hydrogens is 365 g/mol. The SMILES string of the molecule is Cc1c(/C=N\n2cn[nH]c2=S)c2ccccn2c1C(=O)c1ccc(F)cc1. The molecule has 0 unspecified atom stereocenters. The lowest BCUT2D eigenvalue weighted by Gasteiger charge is -2.04. The molecule has 0 amide bonds. The van der Waals surface area contributed by atoms with Crippen molar-refractivity contribution in [3.63, 3.8) is 0 Å². The minimum absolute atomic E-state index is 0.187. The molecule has 0 saturated carbocycles. The van der Waals surface area contributed by atoms with Crippen LogP contribution in [0.2, 0.25) is 0 Å². The van der Waals surface area contributed by atoms with Gasteiger partial charge in [-0.15, -0.1) is 0 Å². The Morgan fingerprint density at radius 3 is 2.74 bits per heavy atom. The average Bonchev–Trinajstić information content (AvgIpc) is 3.20. The fourth-order valence-corrected chi connectivity index (χ4v) is 3.13. The third kappa shape index (κ3) is 3.00. The van der Waals surface area contributed by atoms with Gasteiger partial charge in [0.1, 0.15) is 12.1 Å². The Kier molecular flexibility index (Phi) is 4.25. The number of hydrogen-bond acceptors (Lipinski definition) is 4. The van der Waals surface area contributed by atoms with Gasteiger partial charge in [0.15, 0.2) is 0 Å². The molecule has 1 aromatic carbocycles. The van der Waals surface area contributed by atoms with E-state index in [-0.39, 0.29) is 11.6 Å². The van der Waals surface area contributed by atoms with Crippen molar-refractivity contribution in [2.45, 2.75) is 6.92 Å². The van der Waals surface area contributed by atoms with Crippen LogP contribution < -0.4 is 0 Å². The molecule has 4 aromatic rings. The zero-order valence-corrected chi connectivity index (χ0v) is 15.1. The van der Waals surface area contributed by atoms with Crippen LogP contribution >= 0.6 is 12.2 Å². The molecule has 4 rings (SSSR count). The highest BCUT2D eigenvalue weighted by molar-refractivity contribution is 7.71. The predicted octanol–water partition coefficient (Wildman–Crippen LogP) is 3.75. The number of nitrogens with one attached hydrogen (secondary N) is 1. The highest BCUT2D eigenvalue weighted by atomic mass is 32.1. The van der Waals surface area contributed by atoms with Gasteiger partial charge < -0.3 is 4.40 Å². The Morgan fingerprint density at radius 1 is 1.26 bits per heavy atom. The summed E-state index contributed by atoms with van der Waals surface area (Å²) in [6.07, 6.45) is 4.94. The summed E-state index contributed by atoms with van der Waals surface area (Å²) in [5.41, 5.74) is 3.33. The molecule has 0 fully saturated rings. The third-order valence-corrected chi connectivity index (χ3v) is 4.58. The van der Waals surface area contributed by atoms with Crippen molar-refractivity contribution in [3.8, 4) is 0 Å². The van der Waals surface area contributed by atoms with Crippen LogP contribution in [0.1, 0.15) is 27.2 Å². The summed E-state index contributed by atoms with van der Waals surface area (Å²) in [5.74, 6) is -0.568. The van der Waals surface area contributed by atoms with Crippen molar-refractivity contribution < 1.29 is 9.18 Å². The number of halogens is 1. The molecule has 8 heteroatoms. The van der Waals surface area contributed by atoms with E-state index in [1.54, 1.807) is 6.21 Å². The monoisotopic (exact) mass is 379 g/mol. The number of pyridine rings is 1. The van der Waals surface area contributed by atoms with E-state index in [1.807, 2.05) is 35.7 Å². The van der Waals surface area contributed by atoms with Gasteiger partial charge in [0, 0.05) is 17.3 Å². The number of carbonyl (C=O) groups excluding carboxylic acids is 1. The first-order valence-electron chi connectivity index (χ1n) is 8.12. The zero-order valence-electron chi connectivity index (χ0n) is 14.3. The number of benzene rings is 1. The second-order valence-corrected chi connectivity index (χ2v) is 6.32. The zero-order chi connectivity index (χ0) is 19.0. The van der Waals surface area contributed by atoms with Crippen LogP contribution in [0.25, 0.3) is 5.52 Å². The Bertz CT molecular complexity index is 1230. The Morgan fingerprint density at radius 2 is 2.04 bits per heavy atom. The van der Waals surface area contributed by atoms with E-state index in [2.05, 4.69) is 15.3 Å². The van der Waals surface area contributed by atoms with Gasteiger partial charge in [0.25, 0.3) is 0 Å². The summed E-state index contributed by atoms with van der Waals surface area (Å²) in [6, 6.07) is 11.2.